The molecular formula is C19H13NO2. The number of phenolic OH excluding ortho intramolecular Hbond substituents is 1. The molecule has 3 nitrogen and oxygen atoms in total. The summed E-state index contributed by atoms with van der Waals surface area (Å²) in [5.41, 5.74) is 4.29. The summed E-state index contributed by atoms with van der Waals surface area (Å²) in [7, 11) is 0. The molecule has 0 radical (unpaired) electrons. The van der Waals surface area contributed by atoms with Crippen molar-refractivity contribution in [3.63, 3.8) is 0 Å². The monoisotopic (exact) mass is 287 g/mol. The number of aromatic hydroxyl groups is 1. The second-order valence-electron chi connectivity index (χ2n) is 5.08. The van der Waals surface area contributed by atoms with Crippen LogP contribution in [0, 0.1) is 0 Å². The zero-order valence-electron chi connectivity index (χ0n) is 11.7. The van der Waals surface area contributed by atoms with E-state index in [1.165, 1.54) is 0 Å². The Morgan fingerprint density at radius 1 is 0.773 bits per heavy atom. The molecule has 4 rings (SSSR count). The molecule has 1 N–H and O–H groups in total. The van der Waals surface area contributed by atoms with Gasteiger partial charge in [0, 0.05) is 0 Å². The van der Waals surface area contributed by atoms with E-state index < -0.39 is 0 Å². The number of phenols is 1. The Morgan fingerprint density at radius 2 is 1.55 bits per heavy atom. The molecule has 3 heteroatoms. The van der Waals surface area contributed by atoms with Gasteiger partial charge in [0.25, 0.3) is 0 Å². The number of aromatic nitrogens is 1. The van der Waals surface area contributed by atoms with Crippen molar-refractivity contribution < 1.29 is 9.52 Å². The van der Waals surface area contributed by atoms with Gasteiger partial charge in [0.05, 0.1) is 5.56 Å². The summed E-state index contributed by atoms with van der Waals surface area (Å²) in [5.74, 6) is 0.593. The van der Waals surface area contributed by atoms with Crippen LogP contribution in [0.1, 0.15) is 0 Å². The molecule has 0 aliphatic carbocycles. The highest BCUT2D eigenvalue weighted by atomic mass is 16.3. The van der Waals surface area contributed by atoms with Crippen LogP contribution in [0.25, 0.3) is 33.7 Å². The molecule has 0 unspecified atom stereocenters. The van der Waals surface area contributed by atoms with Gasteiger partial charge >= 0.3 is 0 Å². The fourth-order valence-electron chi connectivity index (χ4n) is 2.50. The van der Waals surface area contributed by atoms with E-state index in [0.717, 1.165) is 16.6 Å². The van der Waals surface area contributed by atoms with Crippen molar-refractivity contribution in [2.75, 3.05) is 0 Å². The van der Waals surface area contributed by atoms with E-state index in [9.17, 15) is 5.11 Å². The number of nitrogens with zero attached hydrogens (tertiary/aromatic N) is 1. The normalized spacial score (nSPS) is 10.9. The fraction of sp³-hybridized carbons (Fsp3) is 0. The van der Waals surface area contributed by atoms with Crippen LogP contribution >= 0.6 is 0 Å². The van der Waals surface area contributed by atoms with Gasteiger partial charge in [-0.15, -0.1) is 0 Å². The maximum absolute atomic E-state index is 9.92. The van der Waals surface area contributed by atoms with Crippen LogP contribution in [0.3, 0.4) is 0 Å². The SMILES string of the molecule is Oc1ccccc1-c1nc2ccc(-c3ccccc3)cc2o1. The predicted octanol–water partition coefficient (Wildman–Crippen LogP) is 4.87. The van der Waals surface area contributed by atoms with E-state index in [-0.39, 0.29) is 5.75 Å². The minimum atomic E-state index is 0.164. The van der Waals surface area contributed by atoms with Crippen LogP contribution in [0.5, 0.6) is 5.75 Å². The molecule has 4 aromatic rings. The van der Waals surface area contributed by atoms with Gasteiger partial charge in [-0.3, -0.25) is 0 Å². The summed E-state index contributed by atoms with van der Waals surface area (Å²) in [4.78, 5) is 4.45. The third-order valence-electron chi connectivity index (χ3n) is 3.63. The number of benzene rings is 3. The van der Waals surface area contributed by atoms with Crippen LogP contribution in [0.15, 0.2) is 77.2 Å². The lowest BCUT2D eigenvalue weighted by molar-refractivity contribution is 0.474. The first kappa shape index (κ1) is 12.7. The molecule has 1 aromatic heterocycles. The quantitative estimate of drug-likeness (QED) is 0.572. The number of para-hydroxylation sites is 1. The highest BCUT2D eigenvalue weighted by Gasteiger charge is 2.12. The molecule has 3 aromatic carbocycles. The van der Waals surface area contributed by atoms with E-state index in [1.807, 2.05) is 42.5 Å². The Morgan fingerprint density at radius 3 is 2.36 bits per heavy atom. The Balaban J connectivity index is 1.84. The van der Waals surface area contributed by atoms with Crippen LogP contribution in [-0.2, 0) is 0 Å². The average molecular weight is 287 g/mol. The van der Waals surface area contributed by atoms with Crippen molar-refractivity contribution in [1.29, 1.82) is 0 Å². The maximum atomic E-state index is 9.92. The van der Waals surface area contributed by atoms with Crippen molar-refractivity contribution in [2.24, 2.45) is 0 Å². The van der Waals surface area contributed by atoms with E-state index in [2.05, 4.69) is 17.1 Å². The zero-order valence-corrected chi connectivity index (χ0v) is 11.7. The van der Waals surface area contributed by atoms with Crippen molar-refractivity contribution >= 4 is 11.1 Å². The third-order valence-corrected chi connectivity index (χ3v) is 3.63. The van der Waals surface area contributed by atoms with Gasteiger partial charge in [0.1, 0.15) is 11.3 Å². The van der Waals surface area contributed by atoms with Crippen molar-refractivity contribution in [3.05, 3.63) is 72.8 Å². The van der Waals surface area contributed by atoms with Gasteiger partial charge in [-0.2, -0.15) is 0 Å². The summed E-state index contributed by atoms with van der Waals surface area (Å²) in [5, 5.41) is 9.92. The van der Waals surface area contributed by atoms with Crippen molar-refractivity contribution in [1.82, 2.24) is 4.98 Å². The number of rotatable bonds is 2. The summed E-state index contributed by atoms with van der Waals surface area (Å²) < 4.78 is 5.83. The first-order valence-electron chi connectivity index (χ1n) is 7.06. The highest BCUT2D eigenvalue weighted by Crippen LogP contribution is 2.32. The molecule has 0 saturated carbocycles. The van der Waals surface area contributed by atoms with Crippen molar-refractivity contribution in [3.8, 4) is 28.3 Å². The first-order chi connectivity index (χ1) is 10.8. The molecule has 0 bridgehead atoms. The third kappa shape index (κ3) is 2.13. The number of oxazole rings is 1. The van der Waals surface area contributed by atoms with Gasteiger partial charge in [-0.25, -0.2) is 4.98 Å². The average Bonchev–Trinajstić information content (AvgIpc) is 2.99. The molecule has 0 spiro atoms. The van der Waals surface area contributed by atoms with E-state index >= 15 is 0 Å². The van der Waals surface area contributed by atoms with Crippen LogP contribution in [-0.4, -0.2) is 10.1 Å². The molecule has 0 amide bonds. The maximum Gasteiger partial charge on any atom is 0.231 e. The van der Waals surface area contributed by atoms with Crippen LogP contribution < -0.4 is 0 Å². The summed E-state index contributed by atoms with van der Waals surface area (Å²) >= 11 is 0. The predicted molar refractivity (Wildman–Crippen MR) is 86.5 cm³/mol. The number of hydrogen-bond donors (Lipinski definition) is 1. The molecular weight excluding hydrogens is 274 g/mol. The Hall–Kier alpha value is -3.07. The highest BCUT2D eigenvalue weighted by molar-refractivity contribution is 5.82. The summed E-state index contributed by atoms with van der Waals surface area (Å²) in [6, 6.07) is 23.1. The second-order valence-corrected chi connectivity index (χ2v) is 5.08. The van der Waals surface area contributed by atoms with E-state index in [4.69, 9.17) is 4.42 Å². The first-order valence-corrected chi connectivity index (χ1v) is 7.06. The fourth-order valence-corrected chi connectivity index (χ4v) is 2.50. The number of fused-ring (bicyclic) bond motifs is 1. The smallest absolute Gasteiger partial charge is 0.231 e. The number of hydrogen-bond acceptors (Lipinski definition) is 3. The topological polar surface area (TPSA) is 46.3 Å². The molecule has 22 heavy (non-hydrogen) atoms. The van der Waals surface area contributed by atoms with Crippen LogP contribution in [0.4, 0.5) is 0 Å². The Bertz CT molecular complexity index is 942. The molecule has 0 saturated heterocycles. The standard InChI is InChI=1S/C19H13NO2/c21-17-9-5-4-8-15(17)19-20-16-11-10-14(12-18(16)22-19)13-6-2-1-3-7-13/h1-12,21H. The van der Waals surface area contributed by atoms with Gasteiger partial charge in [0.2, 0.25) is 5.89 Å². The molecule has 106 valence electrons. The van der Waals surface area contributed by atoms with Gasteiger partial charge in [0.15, 0.2) is 5.58 Å². The van der Waals surface area contributed by atoms with E-state index in [1.54, 1.807) is 18.2 Å². The Labute approximate surface area is 127 Å². The largest absolute Gasteiger partial charge is 0.507 e. The van der Waals surface area contributed by atoms with Gasteiger partial charge in [-0.1, -0.05) is 48.5 Å². The van der Waals surface area contributed by atoms with Gasteiger partial charge in [-0.05, 0) is 35.4 Å². The molecule has 1 heterocycles. The molecule has 0 fully saturated rings. The minimum absolute atomic E-state index is 0.164. The molecule has 0 aliphatic heterocycles. The van der Waals surface area contributed by atoms with Crippen LogP contribution in [0.2, 0.25) is 0 Å². The Kier molecular flexibility index (Phi) is 2.90. The van der Waals surface area contributed by atoms with E-state index in [0.29, 0.717) is 17.0 Å². The lowest BCUT2D eigenvalue weighted by atomic mass is 10.1. The summed E-state index contributed by atoms with van der Waals surface area (Å²) in [6.45, 7) is 0. The lowest BCUT2D eigenvalue weighted by Crippen LogP contribution is -1.77. The zero-order chi connectivity index (χ0) is 14.9. The molecule has 0 atom stereocenters. The second kappa shape index (κ2) is 5.04. The minimum Gasteiger partial charge on any atom is -0.507 e. The summed E-state index contributed by atoms with van der Waals surface area (Å²) in [6.07, 6.45) is 0. The molecule has 0 aliphatic rings. The van der Waals surface area contributed by atoms with Crippen molar-refractivity contribution in [2.45, 2.75) is 0 Å². The van der Waals surface area contributed by atoms with Gasteiger partial charge < -0.3 is 9.52 Å². The lowest BCUT2D eigenvalue weighted by Gasteiger charge is -1.99.